The van der Waals surface area contributed by atoms with E-state index >= 15 is 4.39 Å². The predicted octanol–water partition coefficient (Wildman–Crippen LogP) is 3.57. The minimum absolute atomic E-state index is 0.00231. The molecule has 1 atom stereocenters. The number of amides is 1. The van der Waals surface area contributed by atoms with Crippen molar-refractivity contribution in [1.82, 2.24) is 19.7 Å². The van der Waals surface area contributed by atoms with Crippen LogP contribution in [0.5, 0.6) is 0 Å². The molecule has 11 nitrogen and oxygen atoms in total. The Labute approximate surface area is 238 Å². The van der Waals surface area contributed by atoms with Gasteiger partial charge in [0, 0.05) is 56.1 Å². The zero-order valence-corrected chi connectivity index (χ0v) is 22.2. The number of nitro benzene ring substituents is 1. The van der Waals surface area contributed by atoms with E-state index < -0.39 is 33.9 Å². The zero-order valence-electron chi connectivity index (χ0n) is 22.2. The number of hydrogen-bond donors (Lipinski definition) is 2. The summed E-state index contributed by atoms with van der Waals surface area (Å²) >= 11 is 0. The van der Waals surface area contributed by atoms with Gasteiger partial charge >= 0.3 is 0 Å². The number of aliphatic hydroxyl groups is 1. The summed E-state index contributed by atoms with van der Waals surface area (Å²) in [6.07, 6.45) is 2.68. The van der Waals surface area contributed by atoms with Crippen LogP contribution in [0.1, 0.15) is 15.9 Å². The predicted molar refractivity (Wildman–Crippen MR) is 146 cm³/mol. The molecule has 218 valence electrons. The summed E-state index contributed by atoms with van der Waals surface area (Å²) < 4.78 is 44.8. The summed E-state index contributed by atoms with van der Waals surface area (Å²) in [5, 5.41) is 29.3. The van der Waals surface area contributed by atoms with E-state index in [0.717, 1.165) is 18.2 Å². The number of nitrogens with zero attached hydrogens (tertiary/aromatic N) is 6. The van der Waals surface area contributed by atoms with Crippen LogP contribution in [0, 0.1) is 27.6 Å². The molecule has 1 amide bonds. The number of benzene rings is 3. The van der Waals surface area contributed by atoms with Crippen LogP contribution in [0.15, 0.2) is 73.3 Å². The lowest BCUT2D eigenvalue weighted by molar-refractivity contribution is -0.385. The van der Waals surface area contributed by atoms with Crippen molar-refractivity contribution in [3.8, 4) is 0 Å². The molecule has 0 bridgehead atoms. The van der Waals surface area contributed by atoms with Crippen LogP contribution in [-0.4, -0.2) is 68.3 Å². The number of para-hydroxylation sites is 1. The topological polar surface area (TPSA) is 130 Å². The third-order valence-corrected chi connectivity index (χ3v) is 7.07. The number of carbonyl (C=O) groups excluding carboxylic acids is 1. The number of β-amino-alcohol motifs (C(OH)–C–C–N with tert-alkyl or cyclic N) is 1. The number of anilines is 2. The largest absolute Gasteiger partial charge is 0.382 e. The summed E-state index contributed by atoms with van der Waals surface area (Å²) in [5.74, 6) is -2.98. The van der Waals surface area contributed by atoms with E-state index in [1.165, 1.54) is 59.8 Å². The molecule has 0 radical (unpaired) electrons. The molecule has 0 saturated carbocycles. The normalized spacial score (nSPS) is 15.3. The highest BCUT2D eigenvalue weighted by Crippen LogP contribution is 2.30. The molecule has 1 fully saturated rings. The van der Waals surface area contributed by atoms with E-state index in [0.29, 0.717) is 31.9 Å². The summed E-state index contributed by atoms with van der Waals surface area (Å²) in [6.45, 7) is 1.44. The van der Waals surface area contributed by atoms with Crippen molar-refractivity contribution in [2.45, 2.75) is 12.1 Å². The standard InChI is InChI=1S/C28H26F3N7O4/c29-19-5-7-22(23(30)13-19)28(40,16-37-18-32-17-33-37)15-35-9-11-36(12-10-35)26-8-6-20(14-24(26)31)34-27(39)21-3-1-2-4-25(21)38(41)42/h1-8,13-14,17-18,40H,9-12,15-16H2,(H,34,39). The van der Waals surface area contributed by atoms with E-state index in [-0.39, 0.29) is 35.6 Å². The van der Waals surface area contributed by atoms with Gasteiger partial charge in [0.05, 0.1) is 17.2 Å². The first-order chi connectivity index (χ1) is 20.1. The summed E-state index contributed by atoms with van der Waals surface area (Å²) in [7, 11) is 0. The molecule has 14 heteroatoms. The Morgan fingerprint density at radius 2 is 1.76 bits per heavy atom. The van der Waals surface area contributed by atoms with Crippen molar-refractivity contribution >= 4 is 23.0 Å². The molecule has 4 aromatic rings. The van der Waals surface area contributed by atoms with Gasteiger partial charge in [-0.2, -0.15) is 5.10 Å². The van der Waals surface area contributed by atoms with E-state index in [9.17, 15) is 28.8 Å². The molecule has 1 unspecified atom stereocenters. The highest BCUT2D eigenvalue weighted by molar-refractivity contribution is 6.07. The zero-order chi connectivity index (χ0) is 29.9. The van der Waals surface area contributed by atoms with Crippen LogP contribution >= 0.6 is 0 Å². The third-order valence-electron chi connectivity index (χ3n) is 7.07. The number of nitrogens with one attached hydrogen (secondary N) is 1. The lowest BCUT2D eigenvalue weighted by Gasteiger charge is -2.40. The number of halogens is 3. The summed E-state index contributed by atoms with van der Waals surface area (Å²) in [6, 6.07) is 12.6. The van der Waals surface area contributed by atoms with Gasteiger partial charge < -0.3 is 15.3 Å². The maximum Gasteiger partial charge on any atom is 0.282 e. The molecule has 1 saturated heterocycles. The number of hydrogen-bond acceptors (Lipinski definition) is 8. The van der Waals surface area contributed by atoms with Gasteiger partial charge in [-0.3, -0.25) is 19.8 Å². The van der Waals surface area contributed by atoms with Gasteiger partial charge in [0.1, 0.15) is 41.3 Å². The van der Waals surface area contributed by atoms with Crippen molar-refractivity contribution in [2.24, 2.45) is 0 Å². The molecule has 0 spiro atoms. The van der Waals surface area contributed by atoms with Crippen LogP contribution < -0.4 is 10.2 Å². The highest BCUT2D eigenvalue weighted by Gasteiger charge is 2.36. The molecule has 5 rings (SSSR count). The van der Waals surface area contributed by atoms with Crippen molar-refractivity contribution in [3.63, 3.8) is 0 Å². The van der Waals surface area contributed by atoms with Gasteiger partial charge in [-0.25, -0.2) is 22.8 Å². The van der Waals surface area contributed by atoms with Crippen LogP contribution in [0.2, 0.25) is 0 Å². The van der Waals surface area contributed by atoms with Crippen LogP contribution in [0.25, 0.3) is 0 Å². The molecule has 1 aliphatic heterocycles. The van der Waals surface area contributed by atoms with Crippen LogP contribution in [0.3, 0.4) is 0 Å². The molecule has 1 aromatic heterocycles. The fraction of sp³-hybridized carbons (Fsp3) is 0.250. The quantitative estimate of drug-likeness (QED) is 0.227. The first-order valence-electron chi connectivity index (χ1n) is 12.9. The van der Waals surface area contributed by atoms with Gasteiger partial charge in [-0.15, -0.1) is 0 Å². The number of aromatic nitrogens is 3. The maximum atomic E-state index is 15.1. The highest BCUT2D eigenvalue weighted by atomic mass is 19.1. The second kappa shape index (κ2) is 12.0. The van der Waals surface area contributed by atoms with Gasteiger partial charge in [0.25, 0.3) is 11.6 Å². The molecule has 42 heavy (non-hydrogen) atoms. The van der Waals surface area contributed by atoms with E-state index in [1.54, 1.807) is 4.90 Å². The Bertz CT molecular complexity index is 1600. The minimum Gasteiger partial charge on any atom is -0.382 e. The Morgan fingerprint density at radius 1 is 1.00 bits per heavy atom. The van der Waals surface area contributed by atoms with Crippen molar-refractivity contribution in [3.05, 3.63) is 112 Å². The van der Waals surface area contributed by atoms with Gasteiger partial charge in [-0.1, -0.05) is 18.2 Å². The van der Waals surface area contributed by atoms with E-state index in [4.69, 9.17) is 0 Å². The Hall–Kier alpha value is -4.82. The first kappa shape index (κ1) is 28.7. The molecule has 0 aliphatic carbocycles. The first-order valence-corrected chi connectivity index (χ1v) is 12.9. The van der Waals surface area contributed by atoms with Gasteiger partial charge in [0.15, 0.2) is 0 Å². The average Bonchev–Trinajstić information content (AvgIpc) is 3.46. The molecular weight excluding hydrogens is 555 g/mol. The lowest BCUT2D eigenvalue weighted by Crippen LogP contribution is -2.52. The molecule has 3 aromatic carbocycles. The Kier molecular flexibility index (Phi) is 8.17. The number of nitro groups is 1. The second-order valence-electron chi connectivity index (χ2n) is 9.91. The molecule has 2 N–H and O–H groups in total. The SMILES string of the molecule is O=C(Nc1ccc(N2CCN(CC(O)(Cn3cncn3)c3ccc(F)cc3F)CC2)c(F)c1)c1ccccc1[N+](=O)[O-]. The third kappa shape index (κ3) is 6.24. The van der Waals surface area contributed by atoms with E-state index in [2.05, 4.69) is 15.4 Å². The molecule has 2 heterocycles. The Morgan fingerprint density at radius 3 is 2.43 bits per heavy atom. The summed E-state index contributed by atoms with van der Waals surface area (Å²) in [5.41, 5.74) is -1.91. The number of piperazine rings is 1. The number of rotatable bonds is 9. The minimum atomic E-state index is -1.76. The number of carbonyl (C=O) groups is 1. The molecule has 1 aliphatic rings. The fourth-order valence-electron chi connectivity index (χ4n) is 5.05. The second-order valence-corrected chi connectivity index (χ2v) is 9.91. The van der Waals surface area contributed by atoms with Crippen molar-refractivity contribution in [2.75, 3.05) is 42.9 Å². The Balaban J connectivity index is 1.25. The fourth-order valence-corrected chi connectivity index (χ4v) is 5.05. The van der Waals surface area contributed by atoms with Gasteiger partial charge in [0.2, 0.25) is 0 Å². The van der Waals surface area contributed by atoms with Crippen molar-refractivity contribution in [1.29, 1.82) is 0 Å². The molecular formula is C28H26F3N7O4. The van der Waals surface area contributed by atoms with Crippen LogP contribution in [-0.2, 0) is 12.1 Å². The monoisotopic (exact) mass is 581 g/mol. The lowest BCUT2D eigenvalue weighted by atomic mass is 9.92. The van der Waals surface area contributed by atoms with Crippen LogP contribution in [0.4, 0.5) is 30.2 Å². The van der Waals surface area contributed by atoms with Crippen molar-refractivity contribution < 1.29 is 28.0 Å². The van der Waals surface area contributed by atoms with Gasteiger partial charge in [-0.05, 0) is 30.3 Å². The smallest absolute Gasteiger partial charge is 0.282 e. The average molecular weight is 582 g/mol. The maximum absolute atomic E-state index is 15.1. The summed E-state index contributed by atoms with van der Waals surface area (Å²) in [4.78, 5) is 30.7. The van der Waals surface area contributed by atoms with E-state index in [1.807, 2.05) is 4.90 Å².